The summed E-state index contributed by atoms with van der Waals surface area (Å²) in [6.45, 7) is 6.09. The van der Waals surface area contributed by atoms with Gasteiger partial charge in [-0.1, -0.05) is 13.5 Å². The minimum Gasteiger partial charge on any atom is -0.481 e. The van der Waals surface area contributed by atoms with Crippen LogP contribution in [0.5, 0.6) is 0 Å². The van der Waals surface area contributed by atoms with Gasteiger partial charge in [0.2, 0.25) is 0 Å². The predicted octanol–water partition coefficient (Wildman–Crippen LogP) is 1.71. The fourth-order valence-corrected chi connectivity index (χ4v) is 7.26. The van der Waals surface area contributed by atoms with Gasteiger partial charge in [0.05, 0.1) is 23.7 Å². The minimum absolute atomic E-state index is 0.0290. The van der Waals surface area contributed by atoms with Crippen molar-refractivity contribution in [1.29, 1.82) is 0 Å². The van der Waals surface area contributed by atoms with Gasteiger partial charge in [-0.2, -0.15) is 0 Å². The normalized spacial score (nSPS) is 56.5. The highest BCUT2D eigenvalue weighted by molar-refractivity contribution is 5.71. The predicted molar refractivity (Wildman–Crippen MR) is 87.1 cm³/mol. The molecule has 2 bridgehead atoms. The molecule has 8 atom stereocenters. The van der Waals surface area contributed by atoms with E-state index >= 15 is 0 Å². The molecule has 0 aliphatic heterocycles. The molecule has 4 N–H and O–H groups in total. The molecule has 0 saturated heterocycles. The Hall–Kier alpha value is -0.910. The van der Waals surface area contributed by atoms with E-state index < -0.39 is 35.1 Å². The molecule has 5 heteroatoms. The monoisotopic (exact) mass is 336 g/mol. The molecule has 0 aromatic heterocycles. The quantitative estimate of drug-likeness (QED) is 0.547. The minimum atomic E-state index is -0.974. The molecule has 0 unspecified atom stereocenters. The topological polar surface area (TPSA) is 98.0 Å². The molecule has 0 aromatic carbocycles. The van der Waals surface area contributed by atoms with Crippen LogP contribution in [-0.2, 0) is 4.79 Å². The van der Waals surface area contributed by atoms with Gasteiger partial charge in [-0.3, -0.25) is 4.79 Å². The summed E-state index contributed by atoms with van der Waals surface area (Å²) in [7, 11) is 0. The second-order valence-corrected chi connectivity index (χ2v) is 9.15. The fraction of sp³-hybridized carbons (Fsp3) is 0.842. The number of rotatable bonds is 1. The number of aliphatic hydroxyl groups excluding tert-OH is 2. The van der Waals surface area contributed by atoms with Crippen LogP contribution in [0, 0.1) is 28.6 Å². The fourth-order valence-electron chi connectivity index (χ4n) is 7.26. The van der Waals surface area contributed by atoms with Crippen LogP contribution in [0.25, 0.3) is 0 Å². The zero-order valence-electron chi connectivity index (χ0n) is 14.2. The highest BCUT2D eigenvalue weighted by Gasteiger charge is 2.69. The zero-order valence-corrected chi connectivity index (χ0v) is 14.2. The van der Waals surface area contributed by atoms with Crippen molar-refractivity contribution in [3.63, 3.8) is 0 Å². The van der Waals surface area contributed by atoms with Gasteiger partial charge in [-0.05, 0) is 67.8 Å². The Kier molecular flexibility index (Phi) is 3.33. The Balaban J connectivity index is 1.77. The van der Waals surface area contributed by atoms with E-state index in [-0.39, 0.29) is 17.3 Å². The number of aliphatic carboxylic acids is 1. The molecule has 4 saturated carbocycles. The molecule has 0 aromatic rings. The Labute approximate surface area is 142 Å². The third-order valence-corrected chi connectivity index (χ3v) is 8.20. The van der Waals surface area contributed by atoms with E-state index in [4.69, 9.17) is 0 Å². The van der Waals surface area contributed by atoms with Gasteiger partial charge in [0.1, 0.15) is 0 Å². The number of carboxylic acid groups (broad SMARTS) is 1. The van der Waals surface area contributed by atoms with Crippen molar-refractivity contribution in [3.8, 4) is 0 Å². The van der Waals surface area contributed by atoms with Crippen molar-refractivity contribution in [2.24, 2.45) is 28.6 Å². The summed E-state index contributed by atoms with van der Waals surface area (Å²) in [6, 6.07) is 0. The van der Waals surface area contributed by atoms with Gasteiger partial charge in [0.15, 0.2) is 0 Å². The van der Waals surface area contributed by atoms with Crippen LogP contribution >= 0.6 is 0 Å². The zero-order chi connectivity index (χ0) is 17.5. The SMILES string of the molecule is C=C1[C@H](O)[C@@]23CC[C@@H]4[C@H](C(=O)O)C[C@@H](O)C[C@@]4(C)[C@@H]2CC[C@]1(O)C3. The largest absolute Gasteiger partial charge is 0.481 e. The second-order valence-electron chi connectivity index (χ2n) is 9.15. The maximum absolute atomic E-state index is 11.8. The molecule has 0 radical (unpaired) electrons. The lowest BCUT2D eigenvalue weighted by atomic mass is 9.42. The molecular formula is C19H28O5. The van der Waals surface area contributed by atoms with Crippen LogP contribution in [0.1, 0.15) is 51.9 Å². The molecule has 1 spiro atoms. The number of hydrogen-bond acceptors (Lipinski definition) is 4. The van der Waals surface area contributed by atoms with E-state index in [1.54, 1.807) is 0 Å². The number of aliphatic hydroxyl groups is 3. The Morgan fingerprint density at radius 1 is 1.25 bits per heavy atom. The summed E-state index contributed by atoms with van der Waals surface area (Å²) in [4.78, 5) is 11.8. The van der Waals surface area contributed by atoms with Crippen LogP contribution in [0.15, 0.2) is 12.2 Å². The summed E-state index contributed by atoms with van der Waals surface area (Å²) in [5, 5.41) is 41.8. The van der Waals surface area contributed by atoms with Crippen molar-refractivity contribution in [2.45, 2.75) is 69.7 Å². The first-order valence-corrected chi connectivity index (χ1v) is 9.15. The van der Waals surface area contributed by atoms with Gasteiger partial charge in [0, 0.05) is 5.41 Å². The summed E-state index contributed by atoms with van der Waals surface area (Å²) in [5.41, 5.74) is -1.15. The molecule has 4 fully saturated rings. The van der Waals surface area contributed by atoms with Gasteiger partial charge < -0.3 is 20.4 Å². The van der Waals surface area contributed by atoms with Gasteiger partial charge >= 0.3 is 5.97 Å². The Morgan fingerprint density at radius 3 is 2.62 bits per heavy atom. The molecule has 4 aliphatic carbocycles. The average molecular weight is 336 g/mol. The summed E-state index contributed by atoms with van der Waals surface area (Å²) in [6.07, 6.45) is 2.92. The lowest BCUT2D eigenvalue weighted by Gasteiger charge is -2.62. The molecule has 4 aliphatic rings. The molecule has 5 nitrogen and oxygen atoms in total. The smallest absolute Gasteiger partial charge is 0.306 e. The average Bonchev–Trinajstić information content (AvgIpc) is 2.63. The van der Waals surface area contributed by atoms with E-state index in [9.17, 15) is 25.2 Å². The van der Waals surface area contributed by atoms with Crippen molar-refractivity contribution in [2.75, 3.05) is 0 Å². The number of fused-ring (bicyclic) bond motifs is 3. The van der Waals surface area contributed by atoms with E-state index in [0.717, 1.165) is 19.3 Å². The van der Waals surface area contributed by atoms with Crippen LogP contribution in [0.3, 0.4) is 0 Å². The lowest BCUT2D eigenvalue weighted by molar-refractivity contribution is -0.190. The maximum atomic E-state index is 11.8. The van der Waals surface area contributed by atoms with Gasteiger partial charge in [-0.15, -0.1) is 0 Å². The number of carbonyl (C=O) groups is 1. The molecular weight excluding hydrogens is 308 g/mol. The first-order valence-electron chi connectivity index (χ1n) is 9.15. The van der Waals surface area contributed by atoms with Gasteiger partial charge in [-0.25, -0.2) is 0 Å². The van der Waals surface area contributed by atoms with Crippen LogP contribution in [0.4, 0.5) is 0 Å². The van der Waals surface area contributed by atoms with E-state index in [1.807, 2.05) is 0 Å². The van der Waals surface area contributed by atoms with Gasteiger partial charge in [0.25, 0.3) is 0 Å². The first kappa shape index (κ1) is 16.6. The van der Waals surface area contributed by atoms with E-state index in [0.29, 0.717) is 31.3 Å². The van der Waals surface area contributed by atoms with Crippen molar-refractivity contribution in [1.82, 2.24) is 0 Å². The van der Waals surface area contributed by atoms with Crippen LogP contribution in [0.2, 0.25) is 0 Å². The molecule has 24 heavy (non-hydrogen) atoms. The van der Waals surface area contributed by atoms with E-state index in [1.165, 1.54) is 0 Å². The Bertz CT molecular complexity index is 603. The lowest BCUT2D eigenvalue weighted by Crippen LogP contribution is -2.60. The van der Waals surface area contributed by atoms with Crippen LogP contribution < -0.4 is 0 Å². The van der Waals surface area contributed by atoms with E-state index in [2.05, 4.69) is 13.5 Å². The van der Waals surface area contributed by atoms with Crippen molar-refractivity contribution in [3.05, 3.63) is 12.2 Å². The van der Waals surface area contributed by atoms with Crippen molar-refractivity contribution < 1.29 is 25.2 Å². The summed E-state index contributed by atoms with van der Waals surface area (Å²) >= 11 is 0. The maximum Gasteiger partial charge on any atom is 0.306 e. The molecule has 4 rings (SSSR count). The summed E-state index contributed by atoms with van der Waals surface area (Å²) in [5.74, 6) is -1.18. The molecule has 134 valence electrons. The number of hydrogen-bond donors (Lipinski definition) is 4. The third-order valence-electron chi connectivity index (χ3n) is 8.20. The number of carboxylic acids is 1. The first-order chi connectivity index (χ1) is 11.1. The standard InChI is InChI=1S/C19H28O5/c1-10-15(21)18-5-3-13-12(16(22)23)7-11(20)8-17(13,2)14(18)4-6-19(10,24)9-18/h11-15,20-21,24H,1,3-9H2,2H3,(H,22,23)/t11-,12-,13-,14+,15+,17-,18-,19+/m1/s1. The van der Waals surface area contributed by atoms with Crippen molar-refractivity contribution >= 4 is 5.97 Å². The third kappa shape index (κ3) is 1.84. The van der Waals surface area contributed by atoms with Crippen LogP contribution in [-0.4, -0.2) is 44.2 Å². The Morgan fingerprint density at radius 2 is 1.96 bits per heavy atom. The summed E-state index contributed by atoms with van der Waals surface area (Å²) < 4.78 is 0. The highest BCUT2D eigenvalue weighted by atomic mass is 16.4. The second kappa shape index (κ2) is 4.83. The highest BCUT2D eigenvalue weighted by Crippen LogP contribution is 2.71. The molecule has 0 heterocycles. The molecule has 0 amide bonds.